The molecule has 1 N–H and O–H groups in total. The van der Waals surface area contributed by atoms with Crippen molar-refractivity contribution in [3.05, 3.63) is 39.9 Å². The highest BCUT2D eigenvalue weighted by atomic mass is 19.1. The molecule has 0 bridgehead atoms. The van der Waals surface area contributed by atoms with Crippen LogP contribution in [0.3, 0.4) is 0 Å². The quantitative estimate of drug-likeness (QED) is 0.662. The van der Waals surface area contributed by atoms with Gasteiger partial charge in [-0.15, -0.1) is 0 Å². The van der Waals surface area contributed by atoms with E-state index in [1.165, 1.54) is 6.07 Å². The van der Waals surface area contributed by atoms with Gasteiger partial charge in [-0.25, -0.2) is 4.39 Å². The number of aromatic amines is 1. The first-order chi connectivity index (χ1) is 6.20. The minimum atomic E-state index is -0.510. The Hall–Kier alpha value is -1.71. The largest absolute Gasteiger partial charge is 0.287 e. The molecule has 3 nitrogen and oxygen atoms in total. The lowest BCUT2D eigenvalue weighted by Crippen LogP contribution is -2.06. The molecule has 0 radical (unpaired) electrons. The second-order valence-electron chi connectivity index (χ2n) is 2.85. The third kappa shape index (κ3) is 1.11. The first kappa shape index (κ1) is 7.91. The maximum Gasteiger partial charge on any atom is 0.210 e. The first-order valence-corrected chi connectivity index (χ1v) is 3.82. The third-order valence-electron chi connectivity index (χ3n) is 1.97. The van der Waals surface area contributed by atoms with Crippen LogP contribution in [0.5, 0.6) is 0 Å². The number of hydrogen-bond acceptors (Lipinski definition) is 2. The average molecular weight is 178 g/mol. The van der Waals surface area contributed by atoms with E-state index in [-0.39, 0.29) is 5.39 Å². The lowest BCUT2D eigenvalue weighted by molar-refractivity contribution is 0.638. The molecule has 0 aliphatic rings. The van der Waals surface area contributed by atoms with Gasteiger partial charge >= 0.3 is 0 Å². The van der Waals surface area contributed by atoms with E-state index < -0.39 is 11.2 Å². The summed E-state index contributed by atoms with van der Waals surface area (Å²) >= 11 is 0. The topological polar surface area (TPSA) is 45.8 Å². The number of H-pyrrole nitrogens is 1. The van der Waals surface area contributed by atoms with E-state index in [4.69, 9.17) is 0 Å². The zero-order valence-electron chi connectivity index (χ0n) is 6.97. The maximum absolute atomic E-state index is 13.2. The number of hydrogen-bond donors (Lipinski definition) is 1. The number of rotatable bonds is 0. The summed E-state index contributed by atoms with van der Waals surface area (Å²) in [6.07, 6.45) is 1.07. The summed E-state index contributed by atoms with van der Waals surface area (Å²) in [5, 5.41) is 6.30. The van der Waals surface area contributed by atoms with Crippen molar-refractivity contribution in [2.45, 2.75) is 6.92 Å². The van der Waals surface area contributed by atoms with Gasteiger partial charge in [0.1, 0.15) is 5.82 Å². The van der Waals surface area contributed by atoms with Crippen LogP contribution in [0.15, 0.2) is 23.1 Å². The molecule has 1 heterocycles. The molecule has 0 aliphatic carbocycles. The predicted molar refractivity (Wildman–Crippen MR) is 47.1 cm³/mol. The Morgan fingerprint density at radius 3 is 2.92 bits per heavy atom. The molecule has 13 heavy (non-hydrogen) atoms. The Balaban J connectivity index is 3.09. The van der Waals surface area contributed by atoms with E-state index in [2.05, 4.69) is 10.2 Å². The second-order valence-corrected chi connectivity index (χ2v) is 2.85. The van der Waals surface area contributed by atoms with Crippen molar-refractivity contribution < 1.29 is 4.39 Å². The molecular formula is C9H7FN2O. The lowest BCUT2D eigenvalue weighted by atomic mass is 10.1. The van der Waals surface area contributed by atoms with Crippen LogP contribution in [0.1, 0.15) is 5.56 Å². The molecule has 0 atom stereocenters. The van der Waals surface area contributed by atoms with Crippen LogP contribution in [0.25, 0.3) is 10.9 Å². The molecule has 0 amide bonds. The number of aryl methyl sites for hydroxylation is 1. The Bertz CT molecular complexity index is 518. The standard InChI is InChI=1S/C9H7FN2O/c1-5-2-3-6(10)8-7(13)4-11-12-9(5)8/h2-4H,1H3,(H,12,13). The second kappa shape index (κ2) is 2.65. The van der Waals surface area contributed by atoms with Crippen molar-refractivity contribution in [3.8, 4) is 0 Å². The summed E-state index contributed by atoms with van der Waals surface area (Å²) in [6.45, 7) is 1.79. The van der Waals surface area contributed by atoms with Gasteiger partial charge < -0.3 is 0 Å². The normalized spacial score (nSPS) is 10.6. The molecule has 1 aromatic carbocycles. The fourth-order valence-electron chi connectivity index (χ4n) is 1.29. The van der Waals surface area contributed by atoms with Crippen LogP contribution < -0.4 is 5.43 Å². The van der Waals surface area contributed by atoms with Crippen molar-refractivity contribution in [1.29, 1.82) is 0 Å². The van der Waals surface area contributed by atoms with Gasteiger partial charge in [-0.05, 0) is 18.6 Å². The summed E-state index contributed by atoms with van der Waals surface area (Å²) < 4.78 is 13.2. The van der Waals surface area contributed by atoms with Crippen molar-refractivity contribution in [3.63, 3.8) is 0 Å². The van der Waals surface area contributed by atoms with E-state index in [9.17, 15) is 9.18 Å². The molecule has 4 heteroatoms. The van der Waals surface area contributed by atoms with Crippen LogP contribution in [0, 0.1) is 12.7 Å². The highest BCUT2D eigenvalue weighted by Gasteiger charge is 2.06. The van der Waals surface area contributed by atoms with Crippen molar-refractivity contribution in [2.75, 3.05) is 0 Å². The molecule has 0 saturated carbocycles. The molecule has 1 aromatic heterocycles. The smallest absolute Gasteiger partial charge is 0.210 e. The number of halogens is 1. The van der Waals surface area contributed by atoms with Crippen LogP contribution in [0.4, 0.5) is 4.39 Å². The number of nitrogens with one attached hydrogen (secondary N) is 1. The zero-order valence-corrected chi connectivity index (χ0v) is 6.97. The summed E-state index contributed by atoms with van der Waals surface area (Å²) in [5.41, 5.74) is 0.879. The number of benzene rings is 1. The van der Waals surface area contributed by atoms with E-state index in [0.29, 0.717) is 5.52 Å². The van der Waals surface area contributed by atoms with Gasteiger partial charge in [0.2, 0.25) is 5.43 Å². The Labute approximate surface area is 73.2 Å². The van der Waals surface area contributed by atoms with Crippen LogP contribution in [-0.4, -0.2) is 10.2 Å². The van der Waals surface area contributed by atoms with Gasteiger partial charge in [0.05, 0.1) is 17.1 Å². The van der Waals surface area contributed by atoms with E-state index in [1.54, 1.807) is 13.0 Å². The molecule has 0 spiro atoms. The minimum absolute atomic E-state index is 0.0787. The van der Waals surface area contributed by atoms with Gasteiger partial charge in [0, 0.05) is 0 Å². The number of aromatic nitrogens is 2. The van der Waals surface area contributed by atoms with Gasteiger partial charge in [0.15, 0.2) is 0 Å². The Kier molecular flexibility index (Phi) is 1.62. The SMILES string of the molecule is Cc1ccc(F)c2c(=O)cn[nH]c12. The Morgan fingerprint density at radius 1 is 1.46 bits per heavy atom. The summed E-state index contributed by atoms with van der Waals surface area (Å²) in [4.78, 5) is 11.2. The predicted octanol–water partition coefficient (Wildman–Crippen LogP) is 1.37. The lowest BCUT2D eigenvalue weighted by Gasteiger charge is -2.00. The van der Waals surface area contributed by atoms with E-state index in [0.717, 1.165) is 11.8 Å². The summed E-state index contributed by atoms with van der Waals surface area (Å²) in [6, 6.07) is 2.89. The van der Waals surface area contributed by atoms with Gasteiger partial charge in [0.25, 0.3) is 0 Å². The fourth-order valence-corrected chi connectivity index (χ4v) is 1.29. The molecule has 0 fully saturated rings. The highest BCUT2D eigenvalue weighted by molar-refractivity contribution is 5.81. The van der Waals surface area contributed by atoms with Gasteiger partial charge in [-0.3, -0.25) is 9.89 Å². The third-order valence-corrected chi connectivity index (χ3v) is 1.97. The molecule has 66 valence electrons. The molecule has 0 unspecified atom stereocenters. The van der Waals surface area contributed by atoms with Crippen molar-refractivity contribution in [1.82, 2.24) is 10.2 Å². The van der Waals surface area contributed by atoms with Crippen LogP contribution in [0.2, 0.25) is 0 Å². The fraction of sp³-hybridized carbons (Fsp3) is 0.111. The number of fused-ring (bicyclic) bond motifs is 1. The molecule has 2 rings (SSSR count). The summed E-state index contributed by atoms with van der Waals surface area (Å²) in [7, 11) is 0. The Morgan fingerprint density at radius 2 is 2.23 bits per heavy atom. The van der Waals surface area contributed by atoms with Crippen LogP contribution in [-0.2, 0) is 0 Å². The van der Waals surface area contributed by atoms with Crippen molar-refractivity contribution in [2.24, 2.45) is 0 Å². The highest BCUT2D eigenvalue weighted by Crippen LogP contribution is 2.14. The summed E-state index contributed by atoms with van der Waals surface area (Å²) in [5.74, 6) is -0.510. The first-order valence-electron chi connectivity index (χ1n) is 3.82. The van der Waals surface area contributed by atoms with Crippen molar-refractivity contribution >= 4 is 10.9 Å². The molecular weight excluding hydrogens is 171 g/mol. The average Bonchev–Trinajstić information content (AvgIpc) is 2.12. The minimum Gasteiger partial charge on any atom is -0.287 e. The molecule has 2 aromatic rings. The van der Waals surface area contributed by atoms with Gasteiger partial charge in [-0.2, -0.15) is 5.10 Å². The molecule has 0 aliphatic heterocycles. The van der Waals surface area contributed by atoms with E-state index >= 15 is 0 Å². The zero-order chi connectivity index (χ0) is 9.42. The molecule has 0 saturated heterocycles. The van der Waals surface area contributed by atoms with E-state index in [1.807, 2.05) is 0 Å². The monoisotopic (exact) mass is 178 g/mol. The van der Waals surface area contributed by atoms with Gasteiger partial charge in [-0.1, -0.05) is 6.07 Å². The maximum atomic E-state index is 13.2. The number of nitrogens with zero attached hydrogens (tertiary/aromatic N) is 1. The van der Waals surface area contributed by atoms with Crippen LogP contribution >= 0.6 is 0 Å².